The van der Waals surface area contributed by atoms with Crippen LogP contribution in [0.1, 0.15) is 0 Å². The van der Waals surface area contributed by atoms with Crippen molar-refractivity contribution in [3.63, 3.8) is 0 Å². The van der Waals surface area contributed by atoms with Crippen LogP contribution in [0.4, 0.5) is 5.69 Å². The number of thiazole rings is 1. The number of nitrogens with one attached hydrogen (secondary N) is 2. The summed E-state index contributed by atoms with van der Waals surface area (Å²) < 4.78 is 7.87. The molecule has 1 amide bonds. The normalized spacial score (nSPS) is 10.9. The number of ether oxygens (including phenoxy) is 1. The number of anilines is 1. The van der Waals surface area contributed by atoms with Crippen LogP contribution in [0.2, 0.25) is 5.02 Å². The zero-order valence-electron chi connectivity index (χ0n) is 16.0. The predicted molar refractivity (Wildman–Crippen MR) is 128 cm³/mol. The predicted octanol–water partition coefficient (Wildman–Crippen LogP) is 4.90. The van der Waals surface area contributed by atoms with E-state index >= 15 is 0 Å². The van der Waals surface area contributed by atoms with Crippen molar-refractivity contribution in [1.29, 1.82) is 0 Å². The van der Waals surface area contributed by atoms with Crippen LogP contribution in [0.25, 0.3) is 16.0 Å². The number of aromatic amines is 1. The minimum Gasteiger partial charge on any atom is -0.495 e. The third-order valence-electron chi connectivity index (χ3n) is 4.23. The van der Waals surface area contributed by atoms with Gasteiger partial charge in [0.05, 0.1) is 18.6 Å². The standard InChI is InChI=1S/C20H15ClN4O3S3/c1-28-14-5-3-2-4-13(14)22-15(26)10-30-19-23-17-16(18(27)24-19)31-20(29)25(17)12-8-6-11(21)7-9-12/h2-9H,10H2,1H3,(H,22,26)(H,23,24,27). The molecule has 158 valence electrons. The smallest absolute Gasteiger partial charge is 0.271 e. The SMILES string of the molecule is COc1ccccc1NC(=O)CSc1nc2c(sc(=S)n2-c2ccc(Cl)cc2)c(=O)[nH]1. The maximum absolute atomic E-state index is 12.6. The van der Waals surface area contributed by atoms with Crippen LogP contribution in [0.5, 0.6) is 5.75 Å². The Morgan fingerprint density at radius 2 is 2.03 bits per heavy atom. The Morgan fingerprint density at radius 3 is 2.77 bits per heavy atom. The molecule has 4 aromatic rings. The highest BCUT2D eigenvalue weighted by Gasteiger charge is 2.15. The molecule has 0 unspecified atom stereocenters. The summed E-state index contributed by atoms with van der Waals surface area (Å²) in [5.41, 5.74) is 1.46. The van der Waals surface area contributed by atoms with Crippen molar-refractivity contribution in [2.75, 3.05) is 18.2 Å². The molecule has 0 spiro atoms. The summed E-state index contributed by atoms with van der Waals surface area (Å²) >= 11 is 13.7. The van der Waals surface area contributed by atoms with Gasteiger partial charge in [-0.3, -0.25) is 14.2 Å². The molecule has 2 N–H and O–H groups in total. The third kappa shape index (κ3) is 4.67. The summed E-state index contributed by atoms with van der Waals surface area (Å²) in [4.78, 5) is 32.2. The van der Waals surface area contributed by atoms with Gasteiger partial charge in [0, 0.05) is 10.7 Å². The Balaban J connectivity index is 1.59. The lowest BCUT2D eigenvalue weighted by molar-refractivity contribution is -0.113. The number of rotatable bonds is 6. The zero-order valence-corrected chi connectivity index (χ0v) is 19.3. The lowest BCUT2D eigenvalue weighted by atomic mass is 10.3. The Bertz CT molecular complexity index is 1380. The Kier molecular flexibility index (Phi) is 6.42. The summed E-state index contributed by atoms with van der Waals surface area (Å²) in [6.45, 7) is 0. The number of aromatic nitrogens is 3. The fourth-order valence-electron chi connectivity index (χ4n) is 2.85. The van der Waals surface area contributed by atoms with Gasteiger partial charge >= 0.3 is 0 Å². The van der Waals surface area contributed by atoms with Gasteiger partial charge in [0.15, 0.2) is 14.8 Å². The molecule has 4 rings (SSSR count). The van der Waals surface area contributed by atoms with Crippen LogP contribution in [-0.2, 0) is 4.79 Å². The first kappa shape index (κ1) is 21.6. The first-order valence-electron chi connectivity index (χ1n) is 8.94. The van der Waals surface area contributed by atoms with Crippen LogP contribution in [0.3, 0.4) is 0 Å². The second kappa shape index (κ2) is 9.23. The second-order valence-corrected chi connectivity index (χ2v) is 9.29. The molecule has 0 bridgehead atoms. The van der Waals surface area contributed by atoms with Crippen molar-refractivity contribution in [3.8, 4) is 11.4 Å². The van der Waals surface area contributed by atoms with E-state index in [1.165, 1.54) is 18.4 Å². The van der Waals surface area contributed by atoms with E-state index in [0.717, 1.165) is 17.4 Å². The van der Waals surface area contributed by atoms with Crippen molar-refractivity contribution in [2.45, 2.75) is 5.16 Å². The number of carbonyl (C=O) groups excluding carboxylic acids is 1. The number of fused-ring (bicyclic) bond motifs is 1. The number of carbonyl (C=O) groups is 1. The third-order valence-corrected chi connectivity index (χ3v) is 6.71. The van der Waals surface area contributed by atoms with E-state index in [1.807, 2.05) is 6.07 Å². The second-order valence-electron chi connectivity index (χ2n) is 6.24. The maximum Gasteiger partial charge on any atom is 0.271 e. The van der Waals surface area contributed by atoms with Crippen molar-refractivity contribution < 1.29 is 9.53 Å². The highest BCUT2D eigenvalue weighted by Crippen LogP contribution is 2.26. The van der Waals surface area contributed by atoms with Crippen LogP contribution >= 0.6 is 46.9 Å². The summed E-state index contributed by atoms with van der Waals surface area (Å²) in [7, 11) is 1.54. The fourth-order valence-corrected chi connectivity index (χ4v) is 4.90. The molecular formula is C20H15ClN4O3S3. The van der Waals surface area contributed by atoms with Crippen LogP contribution in [0, 0.1) is 3.95 Å². The number of benzene rings is 2. The minimum atomic E-state index is -0.304. The largest absolute Gasteiger partial charge is 0.495 e. The quantitative estimate of drug-likeness (QED) is 0.227. The average molecular weight is 491 g/mol. The van der Waals surface area contributed by atoms with Crippen molar-refractivity contribution in [2.24, 2.45) is 0 Å². The van der Waals surface area contributed by atoms with Crippen molar-refractivity contribution in [1.82, 2.24) is 14.5 Å². The number of hydrogen-bond acceptors (Lipinski definition) is 7. The van der Waals surface area contributed by atoms with Gasteiger partial charge in [-0.25, -0.2) is 4.98 Å². The van der Waals surface area contributed by atoms with E-state index in [-0.39, 0.29) is 17.2 Å². The van der Waals surface area contributed by atoms with E-state index in [1.54, 1.807) is 47.0 Å². The van der Waals surface area contributed by atoms with E-state index < -0.39 is 0 Å². The van der Waals surface area contributed by atoms with Crippen LogP contribution in [-0.4, -0.2) is 33.3 Å². The Hall–Kier alpha value is -2.66. The number of amides is 1. The topological polar surface area (TPSA) is 89.0 Å². The van der Waals surface area contributed by atoms with Crippen molar-refractivity contribution in [3.05, 3.63) is 67.9 Å². The molecule has 0 aliphatic rings. The van der Waals surface area contributed by atoms with Gasteiger partial charge in [0.2, 0.25) is 5.91 Å². The zero-order chi connectivity index (χ0) is 22.0. The molecule has 2 aromatic carbocycles. The highest BCUT2D eigenvalue weighted by atomic mass is 35.5. The van der Waals surface area contributed by atoms with E-state index in [0.29, 0.717) is 35.9 Å². The van der Waals surface area contributed by atoms with Crippen molar-refractivity contribution >= 4 is 68.9 Å². The average Bonchev–Trinajstić information content (AvgIpc) is 3.10. The molecule has 0 aliphatic carbocycles. The molecular weight excluding hydrogens is 476 g/mol. The van der Waals surface area contributed by atoms with E-state index in [9.17, 15) is 9.59 Å². The molecule has 11 heteroatoms. The first-order chi connectivity index (χ1) is 15.0. The maximum atomic E-state index is 12.6. The van der Waals surface area contributed by atoms with E-state index in [4.69, 9.17) is 28.6 Å². The fraction of sp³-hybridized carbons (Fsp3) is 0.100. The Morgan fingerprint density at radius 1 is 1.29 bits per heavy atom. The van der Waals surface area contributed by atoms with Gasteiger partial charge < -0.3 is 15.0 Å². The number of nitrogens with zero attached hydrogens (tertiary/aromatic N) is 2. The van der Waals surface area contributed by atoms with Crippen LogP contribution < -0.4 is 15.6 Å². The molecule has 0 aliphatic heterocycles. The lowest BCUT2D eigenvalue weighted by Gasteiger charge is -2.09. The summed E-state index contributed by atoms with van der Waals surface area (Å²) in [5.74, 6) is 0.365. The van der Waals surface area contributed by atoms with Gasteiger partial charge in [0.25, 0.3) is 5.56 Å². The lowest BCUT2D eigenvalue weighted by Crippen LogP contribution is -2.16. The first-order valence-corrected chi connectivity index (χ1v) is 11.5. The number of thioether (sulfide) groups is 1. The summed E-state index contributed by atoms with van der Waals surface area (Å²) in [5, 5.41) is 3.71. The van der Waals surface area contributed by atoms with Gasteiger partial charge in [-0.2, -0.15) is 0 Å². The molecule has 7 nitrogen and oxygen atoms in total. The van der Waals surface area contributed by atoms with Gasteiger partial charge in [0.1, 0.15) is 10.4 Å². The summed E-state index contributed by atoms with van der Waals surface area (Å²) in [6.07, 6.45) is 0. The molecule has 31 heavy (non-hydrogen) atoms. The molecule has 0 atom stereocenters. The van der Waals surface area contributed by atoms with E-state index in [2.05, 4.69) is 15.3 Å². The molecule has 2 aromatic heterocycles. The van der Waals surface area contributed by atoms with Gasteiger partial charge in [-0.05, 0) is 48.6 Å². The molecule has 0 saturated heterocycles. The van der Waals surface area contributed by atoms with Gasteiger partial charge in [-0.15, -0.1) is 0 Å². The number of halogens is 1. The number of para-hydroxylation sites is 2. The minimum absolute atomic E-state index is 0.0539. The monoisotopic (exact) mass is 490 g/mol. The van der Waals surface area contributed by atoms with Crippen LogP contribution in [0.15, 0.2) is 58.5 Å². The highest BCUT2D eigenvalue weighted by molar-refractivity contribution is 7.99. The number of H-pyrrole nitrogens is 1. The number of hydrogen-bond donors (Lipinski definition) is 2. The van der Waals surface area contributed by atoms with Gasteiger partial charge in [-0.1, -0.05) is 46.8 Å². The molecule has 2 heterocycles. The summed E-state index contributed by atoms with van der Waals surface area (Å²) in [6, 6.07) is 14.2. The molecule has 0 saturated carbocycles. The molecule has 0 fully saturated rings. The molecule has 0 radical (unpaired) electrons. The number of methoxy groups -OCH3 is 1. The Labute approximate surface area is 195 Å².